The van der Waals surface area contributed by atoms with E-state index >= 15 is 0 Å². The number of amides is 4. The molecular formula is C25H39IN4O4. The number of rotatable bonds is 7. The predicted octanol–water partition coefficient (Wildman–Crippen LogP) is 2.98. The summed E-state index contributed by atoms with van der Waals surface area (Å²) in [6.45, 7) is 16.3. The van der Waals surface area contributed by atoms with Crippen LogP contribution in [-0.2, 0) is 14.4 Å². The third-order valence-corrected chi connectivity index (χ3v) is 6.31. The maximum Gasteiger partial charge on any atom is 0.253 e. The summed E-state index contributed by atoms with van der Waals surface area (Å²) < 4.78 is 0.761. The predicted molar refractivity (Wildman–Crippen MR) is 142 cm³/mol. The summed E-state index contributed by atoms with van der Waals surface area (Å²) in [6, 6.07) is 4.29. The number of carbonyl (C=O) groups excluding carboxylic acids is 4. The van der Waals surface area contributed by atoms with Crippen molar-refractivity contribution in [1.82, 2.24) is 16.0 Å². The number of carbonyl (C=O) groups is 4. The number of hydrogen-bond acceptors (Lipinski definition) is 4. The van der Waals surface area contributed by atoms with Crippen molar-refractivity contribution in [2.24, 2.45) is 22.0 Å². The van der Waals surface area contributed by atoms with E-state index in [0.717, 1.165) is 3.57 Å². The Morgan fingerprint density at radius 1 is 0.706 bits per heavy atom. The van der Waals surface area contributed by atoms with Gasteiger partial charge in [0.05, 0.1) is 5.56 Å². The van der Waals surface area contributed by atoms with Crippen LogP contribution in [0, 0.1) is 19.8 Å². The van der Waals surface area contributed by atoms with Gasteiger partial charge >= 0.3 is 0 Å². The minimum atomic E-state index is -0.970. The lowest BCUT2D eigenvalue weighted by molar-refractivity contribution is -0.136. The first-order valence-electron chi connectivity index (χ1n) is 11.2. The van der Waals surface area contributed by atoms with Gasteiger partial charge in [-0.3, -0.25) is 19.2 Å². The van der Waals surface area contributed by atoms with Crippen LogP contribution in [0.5, 0.6) is 0 Å². The molecule has 0 saturated carbocycles. The van der Waals surface area contributed by atoms with Crippen molar-refractivity contribution >= 4 is 46.2 Å². The van der Waals surface area contributed by atoms with E-state index < -0.39 is 52.1 Å². The molecule has 0 aliphatic heterocycles. The van der Waals surface area contributed by atoms with Gasteiger partial charge in [-0.05, 0) is 51.0 Å². The lowest BCUT2D eigenvalue weighted by Gasteiger charge is -2.37. The topological polar surface area (TPSA) is 130 Å². The molecule has 0 bridgehead atoms. The van der Waals surface area contributed by atoms with Crippen molar-refractivity contribution in [1.29, 1.82) is 0 Å². The smallest absolute Gasteiger partial charge is 0.253 e. The Balaban J connectivity index is 3.21. The second kappa shape index (κ2) is 11.0. The zero-order valence-corrected chi connectivity index (χ0v) is 23.8. The molecular weight excluding hydrogens is 547 g/mol. The van der Waals surface area contributed by atoms with Gasteiger partial charge in [-0.15, -0.1) is 0 Å². The maximum atomic E-state index is 13.4. The van der Waals surface area contributed by atoms with Crippen LogP contribution in [0.2, 0.25) is 0 Å². The van der Waals surface area contributed by atoms with Crippen molar-refractivity contribution < 1.29 is 19.2 Å². The van der Waals surface area contributed by atoms with E-state index in [9.17, 15) is 19.2 Å². The number of hydrogen-bond donors (Lipinski definition) is 4. The second-order valence-electron chi connectivity index (χ2n) is 11.8. The van der Waals surface area contributed by atoms with Crippen LogP contribution in [0.4, 0.5) is 0 Å². The molecule has 4 amide bonds. The molecule has 34 heavy (non-hydrogen) atoms. The first-order chi connectivity index (χ1) is 15.3. The fraction of sp³-hybridized carbons (Fsp3) is 0.600. The highest BCUT2D eigenvalue weighted by atomic mass is 127. The second-order valence-corrected chi connectivity index (χ2v) is 12.9. The Labute approximate surface area is 216 Å². The lowest BCUT2D eigenvalue weighted by atomic mass is 9.82. The molecule has 0 aliphatic rings. The van der Waals surface area contributed by atoms with Gasteiger partial charge in [0.15, 0.2) is 0 Å². The monoisotopic (exact) mass is 586 g/mol. The van der Waals surface area contributed by atoms with E-state index in [0.29, 0.717) is 5.56 Å². The highest BCUT2D eigenvalue weighted by molar-refractivity contribution is 14.1. The van der Waals surface area contributed by atoms with Crippen molar-refractivity contribution in [3.05, 3.63) is 33.4 Å². The molecule has 190 valence electrons. The summed E-state index contributed by atoms with van der Waals surface area (Å²) in [5.41, 5.74) is 4.06. The first-order valence-corrected chi connectivity index (χ1v) is 12.3. The van der Waals surface area contributed by atoms with Crippen LogP contribution in [0.15, 0.2) is 24.3 Å². The molecule has 0 unspecified atom stereocenters. The molecule has 0 spiro atoms. The summed E-state index contributed by atoms with van der Waals surface area (Å²) in [5, 5.41) is 8.35. The number of benzene rings is 1. The van der Waals surface area contributed by atoms with E-state index in [4.69, 9.17) is 5.73 Å². The van der Waals surface area contributed by atoms with Crippen LogP contribution in [0.25, 0.3) is 0 Å². The fourth-order valence-corrected chi connectivity index (χ4v) is 4.00. The molecule has 0 fully saturated rings. The van der Waals surface area contributed by atoms with E-state index in [-0.39, 0.29) is 5.91 Å². The molecule has 1 aromatic rings. The number of halogens is 1. The molecule has 0 aliphatic carbocycles. The summed E-state index contributed by atoms with van der Waals surface area (Å²) in [7, 11) is 0. The quantitative estimate of drug-likeness (QED) is 0.366. The van der Waals surface area contributed by atoms with Gasteiger partial charge in [0, 0.05) is 3.57 Å². The highest BCUT2D eigenvalue weighted by Crippen LogP contribution is 2.25. The molecule has 1 aromatic carbocycles. The average molecular weight is 587 g/mol. The van der Waals surface area contributed by atoms with Crippen molar-refractivity contribution in [2.45, 2.75) is 80.4 Å². The van der Waals surface area contributed by atoms with Crippen LogP contribution in [0.3, 0.4) is 0 Å². The number of nitrogens with two attached hydrogens (primary N) is 1. The van der Waals surface area contributed by atoms with Gasteiger partial charge in [0.25, 0.3) is 5.91 Å². The minimum Gasteiger partial charge on any atom is -0.368 e. The summed E-state index contributed by atoms with van der Waals surface area (Å²) in [5.74, 6) is -2.04. The van der Waals surface area contributed by atoms with Crippen LogP contribution in [-0.4, -0.2) is 41.8 Å². The normalized spacial score (nSPS) is 15.0. The SMILES string of the molecule is CC(C)(C)[C@H](NC(=O)[C@@H](NC(=O)[C@@H](NC(=O)c1ccccc1I)C(C)(C)C)C(C)(C)C)C(N)=O. The highest BCUT2D eigenvalue weighted by Gasteiger charge is 2.41. The minimum absolute atomic E-state index is 0.377. The molecule has 3 atom stereocenters. The number of primary amides is 1. The maximum absolute atomic E-state index is 13.4. The summed E-state index contributed by atoms with van der Waals surface area (Å²) in [4.78, 5) is 51.6. The summed E-state index contributed by atoms with van der Waals surface area (Å²) >= 11 is 2.07. The van der Waals surface area contributed by atoms with Gasteiger partial charge in [-0.1, -0.05) is 74.4 Å². The lowest BCUT2D eigenvalue weighted by Crippen LogP contribution is -2.63. The average Bonchev–Trinajstić information content (AvgIpc) is 2.65. The van der Waals surface area contributed by atoms with Crippen molar-refractivity contribution in [2.75, 3.05) is 0 Å². The fourth-order valence-electron chi connectivity index (χ4n) is 3.37. The van der Waals surface area contributed by atoms with Crippen LogP contribution >= 0.6 is 22.6 Å². The van der Waals surface area contributed by atoms with Gasteiger partial charge in [0.2, 0.25) is 17.7 Å². The number of nitrogens with one attached hydrogen (secondary N) is 3. The molecule has 5 N–H and O–H groups in total. The van der Waals surface area contributed by atoms with Crippen molar-refractivity contribution in [3.8, 4) is 0 Å². The zero-order valence-electron chi connectivity index (χ0n) is 21.6. The Kier molecular flexibility index (Phi) is 9.70. The molecule has 0 heterocycles. The third kappa shape index (κ3) is 8.25. The Bertz CT molecular complexity index is 926. The van der Waals surface area contributed by atoms with E-state index in [2.05, 4.69) is 38.5 Å². The van der Waals surface area contributed by atoms with E-state index in [1.165, 1.54) is 0 Å². The first kappa shape index (κ1) is 29.9. The Hall–Kier alpha value is -2.17. The molecule has 8 nitrogen and oxygen atoms in total. The van der Waals surface area contributed by atoms with Crippen molar-refractivity contribution in [3.63, 3.8) is 0 Å². The van der Waals surface area contributed by atoms with Crippen LogP contribution in [0.1, 0.15) is 72.7 Å². The van der Waals surface area contributed by atoms with Gasteiger partial charge in [-0.2, -0.15) is 0 Å². The van der Waals surface area contributed by atoms with Gasteiger partial charge in [0.1, 0.15) is 18.1 Å². The molecule has 0 radical (unpaired) electrons. The largest absolute Gasteiger partial charge is 0.368 e. The Morgan fingerprint density at radius 2 is 1.09 bits per heavy atom. The summed E-state index contributed by atoms with van der Waals surface area (Å²) in [6.07, 6.45) is 0. The molecule has 0 saturated heterocycles. The standard InChI is InChI=1S/C25H39IN4O4/c1-23(2,3)16(19(27)31)28-21(33)18(25(7,8)9)30-22(34)17(24(4,5)6)29-20(32)14-12-10-11-13-15(14)26/h10-13,16-18H,1-9H3,(H2,27,31)(H,28,33)(H,29,32)(H,30,34)/t16-,17-,18-/m1/s1. The third-order valence-electron chi connectivity index (χ3n) is 5.37. The molecule has 1 rings (SSSR count). The molecule has 0 aromatic heterocycles. The van der Waals surface area contributed by atoms with Gasteiger partial charge < -0.3 is 21.7 Å². The Morgan fingerprint density at radius 3 is 1.47 bits per heavy atom. The zero-order chi connectivity index (χ0) is 26.6. The van der Waals surface area contributed by atoms with Crippen LogP contribution < -0.4 is 21.7 Å². The van der Waals surface area contributed by atoms with Gasteiger partial charge in [-0.25, -0.2) is 0 Å². The van der Waals surface area contributed by atoms with E-state index in [1.807, 2.05) is 53.7 Å². The van der Waals surface area contributed by atoms with E-state index in [1.54, 1.807) is 32.9 Å². The molecule has 9 heteroatoms.